The Morgan fingerprint density at radius 1 is 1.05 bits per heavy atom. The number of amides is 1. The fourth-order valence-corrected chi connectivity index (χ4v) is 2.52. The summed E-state index contributed by atoms with van der Waals surface area (Å²) < 4.78 is 0. The third-order valence-electron chi connectivity index (χ3n) is 3.79. The zero-order chi connectivity index (χ0) is 14.4. The molecule has 0 saturated carbocycles. The van der Waals surface area contributed by atoms with Crippen LogP contribution in [0.15, 0.2) is 30.3 Å². The molecular formula is C16H22N2O2. The third kappa shape index (κ3) is 4.17. The number of benzene rings is 1. The van der Waals surface area contributed by atoms with Crippen LogP contribution in [0.4, 0.5) is 0 Å². The molecule has 1 heterocycles. The normalized spacial score (nSPS) is 16.1. The lowest BCUT2D eigenvalue weighted by Gasteiger charge is -2.34. The van der Waals surface area contributed by atoms with E-state index in [2.05, 4.69) is 4.90 Å². The zero-order valence-electron chi connectivity index (χ0n) is 12.0. The molecule has 1 aliphatic heterocycles. The van der Waals surface area contributed by atoms with Gasteiger partial charge in [0.2, 0.25) is 5.91 Å². The summed E-state index contributed by atoms with van der Waals surface area (Å²) in [5, 5.41) is 0. The number of piperazine rings is 1. The topological polar surface area (TPSA) is 40.6 Å². The van der Waals surface area contributed by atoms with E-state index in [0.29, 0.717) is 6.42 Å². The Bertz CT molecular complexity index is 451. The van der Waals surface area contributed by atoms with Crippen molar-refractivity contribution in [1.82, 2.24) is 9.80 Å². The molecule has 0 spiro atoms. The number of carbonyl (C=O) groups is 2. The lowest BCUT2D eigenvalue weighted by atomic mass is 10.1. The molecule has 1 saturated heterocycles. The first-order valence-electron chi connectivity index (χ1n) is 7.23. The van der Waals surface area contributed by atoms with E-state index in [1.54, 1.807) is 6.92 Å². The van der Waals surface area contributed by atoms with Crippen molar-refractivity contribution in [3.8, 4) is 0 Å². The molecule has 1 aliphatic rings. The van der Waals surface area contributed by atoms with Crippen molar-refractivity contribution in [2.75, 3.05) is 32.7 Å². The van der Waals surface area contributed by atoms with Crippen LogP contribution in [0.2, 0.25) is 0 Å². The average molecular weight is 274 g/mol. The number of Topliss-reactive ketones (excluding diaryl/α,β-unsaturated/α-hetero) is 1. The van der Waals surface area contributed by atoms with Gasteiger partial charge in [-0.2, -0.15) is 0 Å². The van der Waals surface area contributed by atoms with E-state index in [1.807, 2.05) is 35.2 Å². The van der Waals surface area contributed by atoms with Crippen molar-refractivity contribution in [3.05, 3.63) is 35.9 Å². The Balaban J connectivity index is 1.67. The summed E-state index contributed by atoms with van der Waals surface area (Å²) >= 11 is 0. The maximum atomic E-state index is 12.0. The Morgan fingerprint density at radius 2 is 1.70 bits per heavy atom. The van der Waals surface area contributed by atoms with Crippen LogP contribution < -0.4 is 0 Å². The van der Waals surface area contributed by atoms with Gasteiger partial charge in [0.25, 0.3) is 0 Å². The average Bonchev–Trinajstić information content (AvgIpc) is 2.48. The van der Waals surface area contributed by atoms with Gasteiger partial charge in [0, 0.05) is 45.1 Å². The maximum absolute atomic E-state index is 12.0. The van der Waals surface area contributed by atoms with Gasteiger partial charge in [0.1, 0.15) is 0 Å². The summed E-state index contributed by atoms with van der Waals surface area (Å²) in [7, 11) is 0. The number of carbonyl (C=O) groups excluding carboxylic acids is 2. The molecule has 0 atom stereocenters. The van der Waals surface area contributed by atoms with Crippen molar-refractivity contribution in [2.24, 2.45) is 0 Å². The number of nitrogens with zero attached hydrogens (tertiary/aromatic N) is 2. The van der Waals surface area contributed by atoms with Gasteiger partial charge in [-0.1, -0.05) is 30.3 Å². The second-order valence-electron chi connectivity index (χ2n) is 5.24. The molecule has 108 valence electrons. The zero-order valence-corrected chi connectivity index (χ0v) is 12.0. The molecule has 0 aliphatic carbocycles. The van der Waals surface area contributed by atoms with Gasteiger partial charge >= 0.3 is 0 Å². The van der Waals surface area contributed by atoms with Gasteiger partial charge < -0.3 is 4.90 Å². The lowest BCUT2D eigenvalue weighted by molar-refractivity contribution is -0.130. The monoisotopic (exact) mass is 274 g/mol. The lowest BCUT2D eigenvalue weighted by Crippen LogP contribution is -2.48. The van der Waals surface area contributed by atoms with E-state index in [0.717, 1.165) is 44.7 Å². The molecule has 0 radical (unpaired) electrons. The van der Waals surface area contributed by atoms with E-state index in [9.17, 15) is 9.59 Å². The first-order valence-corrected chi connectivity index (χ1v) is 7.23. The molecular weight excluding hydrogens is 252 g/mol. The van der Waals surface area contributed by atoms with Crippen molar-refractivity contribution in [3.63, 3.8) is 0 Å². The van der Waals surface area contributed by atoms with E-state index in [4.69, 9.17) is 0 Å². The van der Waals surface area contributed by atoms with Gasteiger partial charge in [-0.05, 0) is 13.0 Å². The maximum Gasteiger partial charge on any atom is 0.219 e. The standard InChI is InChI=1S/C16H22N2O2/c1-14(19)18-12-10-17(11-13-18)9-5-8-16(20)15-6-3-2-4-7-15/h2-4,6-7H,5,8-13H2,1H3. The molecule has 0 unspecified atom stereocenters. The highest BCUT2D eigenvalue weighted by Gasteiger charge is 2.18. The second-order valence-corrected chi connectivity index (χ2v) is 5.24. The fourth-order valence-electron chi connectivity index (χ4n) is 2.52. The van der Waals surface area contributed by atoms with Crippen LogP contribution in [-0.2, 0) is 4.79 Å². The molecule has 1 aromatic rings. The number of hydrogen-bond donors (Lipinski definition) is 0. The summed E-state index contributed by atoms with van der Waals surface area (Å²) in [5.74, 6) is 0.372. The van der Waals surface area contributed by atoms with E-state index < -0.39 is 0 Å². The first kappa shape index (κ1) is 14.7. The van der Waals surface area contributed by atoms with Gasteiger partial charge in [0.05, 0.1) is 0 Å². The van der Waals surface area contributed by atoms with Crippen LogP contribution in [0.5, 0.6) is 0 Å². The van der Waals surface area contributed by atoms with E-state index in [1.165, 1.54) is 0 Å². The summed E-state index contributed by atoms with van der Waals surface area (Å²) in [4.78, 5) is 27.4. The van der Waals surface area contributed by atoms with E-state index >= 15 is 0 Å². The van der Waals surface area contributed by atoms with Gasteiger partial charge in [0.15, 0.2) is 5.78 Å². The molecule has 0 N–H and O–H groups in total. The molecule has 0 bridgehead atoms. The Hall–Kier alpha value is -1.68. The first-order chi connectivity index (χ1) is 9.66. The van der Waals surface area contributed by atoms with Crippen molar-refractivity contribution >= 4 is 11.7 Å². The summed E-state index contributed by atoms with van der Waals surface area (Å²) in [6.07, 6.45) is 1.48. The summed E-state index contributed by atoms with van der Waals surface area (Å²) in [6.45, 7) is 6.00. The van der Waals surface area contributed by atoms with Crippen molar-refractivity contribution < 1.29 is 9.59 Å². The Labute approximate surface area is 120 Å². The predicted molar refractivity (Wildman–Crippen MR) is 78.7 cm³/mol. The van der Waals surface area contributed by atoms with Crippen molar-refractivity contribution in [2.45, 2.75) is 19.8 Å². The van der Waals surface area contributed by atoms with Gasteiger partial charge in [-0.3, -0.25) is 14.5 Å². The molecule has 1 fully saturated rings. The molecule has 0 aromatic heterocycles. The van der Waals surface area contributed by atoms with Gasteiger partial charge in [-0.25, -0.2) is 0 Å². The van der Waals surface area contributed by atoms with Gasteiger partial charge in [-0.15, -0.1) is 0 Å². The molecule has 20 heavy (non-hydrogen) atoms. The number of ketones is 1. The highest BCUT2D eigenvalue weighted by atomic mass is 16.2. The predicted octanol–water partition coefficient (Wildman–Crippen LogP) is 1.81. The molecule has 1 aromatic carbocycles. The second kappa shape index (κ2) is 7.20. The SMILES string of the molecule is CC(=O)N1CCN(CCCC(=O)c2ccccc2)CC1. The Morgan fingerprint density at radius 3 is 2.30 bits per heavy atom. The fraction of sp³-hybridized carbons (Fsp3) is 0.500. The van der Waals surface area contributed by atoms with Crippen LogP contribution in [0.3, 0.4) is 0 Å². The minimum absolute atomic E-state index is 0.156. The van der Waals surface area contributed by atoms with Crippen molar-refractivity contribution in [1.29, 1.82) is 0 Å². The smallest absolute Gasteiger partial charge is 0.219 e. The van der Waals surface area contributed by atoms with Crippen LogP contribution in [0.1, 0.15) is 30.1 Å². The third-order valence-corrected chi connectivity index (χ3v) is 3.79. The van der Waals surface area contributed by atoms with Crippen LogP contribution in [0.25, 0.3) is 0 Å². The molecule has 4 heteroatoms. The number of hydrogen-bond acceptors (Lipinski definition) is 3. The number of rotatable bonds is 5. The minimum Gasteiger partial charge on any atom is -0.340 e. The van der Waals surface area contributed by atoms with Crippen LogP contribution in [0, 0.1) is 0 Å². The minimum atomic E-state index is 0.156. The highest BCUT2D eigenvalue weighted by Crippen LogP contribution is 2.08. The Kier molecular flexibility index (Phi) is 5.30. The largest absolute Gasteiger partial charge is 0.340 e. The quantitative estimate of drug-likeness (QED) is 0.769. The molecule has 1 amide bonds. The summed E-state index contributed by atoms with van der Waals surface area (Å²) in [5.41, 5.74) is 0.800. The van der Waals surface area contributed by atoms with Crippen LogP contribution in [-0.4, -0.2) is 54.2 Å². The molecule has 2 rings (SSSR count). The van der Waals surface area contributed by atoms with Crippen LogP contribution >= 0.6 is 0 Å². The van der Waals surface area contributed by atoms with E-state index in [-0.39, 0.29) is 11.7 Å². The molecule has 4 nitrogen and oxygen atoms in total. The summed E-state index contributed by atoms with van der Waals surface area (Å²) in [6, 6.07) is 9.45. The highest BCUT2D eigenvalue weighted by molar-refractivity contribution is 5.95.